The maximum absolute atomic E-state index is 11.3. The van der Waals surface area contributed by atoms with Crippen LogP contribution in [0.3, 0.4) is 0 Å². The number of aromatic nitrogens is 2. The average Bonchev–Trinajstić information content (AvgIpc) is 2.30. The zero-order valence-corrected chi connectivity index (χ0v) is 13.4. The van der Waals surface area contributed by atoms with E-state index in [1.54, 1.807) is 6.26 Å². The van der Waals surface area contributed by atoms with Gasteiger partial charge in [0.25, 0.3) is 0 Å². The summed E-state index contributed by atoms with van der Waals surface area (Å²) in [6.07, 6.45) is 1.71. The van der Waals surface area contributed by atoms with Gasteiger partial charge in [0.1, 0.15) is 17.5 Å². The summed E-state index contributed by atoms with van der Waals surface area (Å²) in [5.74, 6) is 3.34. The van der Waals surface area contributed by atoms with Crippen molar-refractivity contribution < 1.29 is 4.21 Å². The van der Waals surface area contributed by atoms with Gasteiger partial charge in [-0.05, 0) is 13.8 Å². The van der Waals surface area contributed by atoms with Gasteiger partial charge in [-0.25, -0.2) is 9.97 Å². The summed E-state index contributed by atoms with van der Waals surface area (Å²) in [4.78, 5) is 9.06. The van der Waals surface area contributed by atoms with Crippen LogP contribution in [0.1, 0.15) is 38.1 Å². The first-order chi connectivity index (χ1) is 8.85. The zero-order chi connectivity index (χ0) is 14.6. The highest BCUT2D eigenvalue weighted by Crippen LogP contribution is 2.23. The summed E-state index contributed by atoms with van der Waals surface area (Å²) in [5, 5.41) is 6.42. The van der Waals surface area contributed by atoms with Crippen LogP contribution in [-0.2, 0) is 10.8 Å². The molecule has 108 valence electrons. The Morgan fingerprint density at radius 2 is 1.79 bits per heavy atom. The van der Waals surface area contributed by atoms with Gasteiger partial charge < -0.3 is 10.6 Å². The van der Waals surface area contributed by atoms with Crippen molar-refractivity contribution in [3.8, 4) is 0 Å². The molecule has 5 nitrogen and oxygen atoms in total. The van der Waals surface area contributed by atoms with Gasteiger partial charge >= 0.3 is 0 Å². The van der Waals surface area contributed by atoms with Crippen LogP contribution in [0.2, 0.25) is 0 Å². The Balaban J connectivity index is 3.04. The first-order valence-electron chi connectivity index (χ1n) is 6.48. The third kappa shape index (κ3) is 4.45. The van der Waals surface area contributed by atoms with Crippen LogP contribution in [-0.4, -0.2) is 39.3 Å². The van der Waals surface area contributed by atoms with E-state index in [-0.39, 0.29) is 12.0 Å². The summed E-state index contributed by atoms with van der Waals surface area (Å²) < 4.78 is 11.3. The molecule has 0 bridgehead atoms. The van der Waals surface area contributed by atoms with Gasteiger partial charge in [-0.3, -0.25) is 4.21 Å². The van der Waals surface area contributed by atoms with E-state index in [2.05, 4.69) is 34.4 Å². The molecule has 2 atom stereocenters. The van der Waals surface area contributed by atoms with Gasteiger partial charge in [-0.1, -0.05) is 13.8 Å². The van der Waals surface area contributed by atoms with Crippen molar-refractivity contribution in [3.63, 3.8) is 0 Å². The van der Waals surface area contributed by atoms with E-state index in [9.17, 15) is 4.21 Å². The molecule has 0 spiro atoms. The highest BCUT2D eigenvalue weighted by atomic mass is 32.2. The van der Waals surface area contributed by atoms with Crippen molar-refractivity contribution in [2.45, 2.75) is 39.7 Å². The zero-order valence-electron chi connectivity index (χ0n) is 12.6. The lowest BCUT2D eigenvalue weighted by atomic mass is 10.2. The second kappa shape index (κ2) is 6.84. The van der Waals surface area contributed by atoms with Crippen LogP contribution in [0.25, 0.3) is 0 Å². The van der Waals surface area contributed by atoms with Crippen molar-refractivity contribution in [2.24, 2.45) is 0 Å². The van der Waals surface area contributed by atoms with Crippen molar-refractivity contribution in [1.29, 1.82) is 0 Å². The molecule has 1 aromatic heterocycles. The molecular formula is C13H24N4OS. The van der Waals surface area contributed by atoms with E-state index in [0.29, 0.717) is 5.75 Å². The minimum absolute atomic E-state index is 0.115. The minimum atomic E-state index is -0.819. The van der Waals surface area contributed by atoms with Crippen LogP contribution in [0, 0.1) is 6.92 Å². The third-order valence-corrected chi connectivity index (χ3v) is 3.75. The highest BCUT2D eigenvalue weighted by molar-refractivity contribution is 7.84. The summed E-state index contributed by atoms with van der Waals surface area (Å²) in [6.45, 7) is 8.13. The van der Waals surface area contributed by atoms with Gasteiger partial charge in [0.2, 0.25) is 0 Å². The topological polar surface area (TPSA) is 66.9 Å². The molecular weight excluding hydrogens is 260 g/mol. The number of hydrogen-bond donors (Lipinski definition) is 2. The molecule has 6 heteroatoms. The number of hydrogen-bond acceptors (Lipinski definition) is 5. The van der Waals surface area contributed by atoms with Crippen LogP contribution in [0.4, 0.5) is 11.6 Å². The predicted molar refractivity (Wildman–Crippen MR) is 82.4 cm³/mol. The largest absolute Gasteiger partial charge is 0.373 e. The summed E-state index contributed by atoms with van der Waals surface area (Å²) in [7, 11) is 1.04. The molecule has 0 radical (unpaired) electrons. The Bertz CT molecular complexity index is 462. The molecule has 0 fully saturated rings. The monoisotopic (exact) mass is 284 g/mol. The lowest BCUT2D eigenvalue weighted by Gasteiger charge is -2.18. The van der Waals surface area contributed by atoms with Crippen molar-refractivity contribution >= 4 is 22.4 Å². The Morgan fingerprint density at radius 3 is 2.26 bits per heavy atom. The number of rotatable bonds is 6. The van der Waals surface area contributed by atoms with Crippen molar-refractivity contribution in [2.75, 3.05) is 29.7 Å². The van der Waals surface area contributed by atoms with Gasteiger partial charge in [0.15, 0.2) is 0 Å². The van der Waals surface area contributed by atoms with E-state index in [0.717, 1.165) is 23.0 Å². The highest BCUT2D eigenvalue weighted by Gasteiger charge is 2.14. The first kappa shape index (κ1) is 15.9. The van der Waals surface area contributed by atoms with E-state index in [4.69, 9.17) is 0 Å². The Kier molecular flexibility index (Phi) is 5.72. The molecule has 0 aliphatic heterocycles. The quantitative estimate of drug-likeness (QED) is 0.837. The normalized spacial score (nSPS) is 14.3. The van der Waals surface area contributed by atoms with Gasteiger partial charge in [0, 0.05) is 47.4 Å². The molecule has 1 aromatic rings. The van der Waals surface area contributed by atoms with Crippen LogP contribution in [0.15, 0.2) is 0 Å². The second-order valence-corrected chi connectivity index (χ2v) is 6.57. The van der Waals surface area contributed by atoms with Crippen molar-refractivity contribution in [1.82, 2.24) is 9.97 Å². The lowest BCUT2D eigenvalue weighted by Crippen LogP contribution is -2.24. The molecule has 0 aliphatic rings. The van der Waals surface area contributed by atoms with Gasteiger partial charge in [-0.2, -0.15) is 0 Å². The third-order valence-electron chi connectivity index (χ3n) is 2.78. The predicted octanol–water partition coefficient (Wildman–Crippen LogP) is 2.13. The molecule has 19 heavy (non-hydrogen) atoms. The number of nitrogens with zero attached hydrogens (tertiary/aromatic N) is 2. The molecule has 2 unspecified atom stereocenters. The Morgan fingerprint density at radius 1 is 1.21 bits per heavy atom. The number of anilines is 2. The Labute approximate surface area is 118 Å². The van der Waals surface area contributed by atoms with E-state index in [1.807, 2.05) is 20.9 Å². The van der Waals surface area contributed by atoms with Crippen LogP contribution in [0.5, 0.6) is 0 Å². The SMILES string of the molecule is CNc1nc(C(C)C)nc(NC(C)CS(C)=O)c1C. The summed E-state index contributed by atoms with van der Waals surface area (Å²) in [6, 6.07) is 0.115. The minimum Gasteiger partial charge on any atom is -0.373 e. The molecule has 0 aromatic carbocycles. The molecule has 0 saturated heterocycles. The molecule has 1 rings (SSSR count). The smallest absolute Gasteiger partial charge is 0.135 e. The lowest BCUT2D eigenvalue weighted by molar-refractivity contribution is 0.682. The first-order valence-corrected chi connectivity index (χ1v) is 8.20. The van der Waals surface area contributed by atoms with Crippen LogP contribution < -0.4 is 10.6 Å². The maximum Gasteiger partial charge on any atom is 0.135 e. The van der Waals surface area contributed by atoms with Gasteiger partial charge in [0.05, 0.1) is 0 Å². The molecule has 0 amide bonds. The summed E-state index contributed by atoms with van der Waals surface area (Å²) in [5.41, 5.74) is 0.987. The fourth-order valence-electron chi connectivity index (χ4n) is 1.80. The van der Waals surface area contributed by atoms with E-state index in [1.165, 1.54) is 0 Å². The molecule has 0 saturated carbocycles. The second-order valence-electron chi connectivity index (χ2n) is 5.09. The standard InChI is InChI=1S/C13H24N4OS/c1-8(2)11-16-12(14-5)10(4)13(17-11)15-9(3)7-19(6)18/h8-9H,7H2,1-6H3,(H2,14,15,16,17). The number of nitrogens with one attached hydrogen (secondary N) is 2. The molecule has 1 heterocycles. The fraction of sp³-hybridized carbons (Fsp3) is 0.692. The Hall–Kier alpha value is -1.17. The average molecular weight is 284 g/mol. The summed E-state index contributed by atoms with van der Waals surface area (Å²) >= 11 is 0. The van der Waals surface area contributed by atoms with E-state index >= 15 is 0 Å². The maximum atomic E-state index is 11.3. The van der Waals surface area contributed by atoms with E-state index < -0.39 is 10.8 Å². The molecule has 0 aliphatic carbocycles. The fourth-order valence-corrected chi connectivity index (χ4v) is 2.59. The van der Waals surface area contributed by atoms with Crippen LogP contribution >= 0.6 is 0 Å². The van der Waals surface area contributed by atoms with Crippen molar-refractivity contribution in [3.05, 3.63) is 11.4 Å². The molecule has 2 N–H and O–H groups in total. The van der Waals surface area contributed by atoms with Gasteiger partial charge in [-0.15, -0.1) is 0 Å².